The van der Waals surface area contributed by atoms with Gasteiger partial charge in [-0.1, -0.05) is 12.1 Å². The molecule has 2 aromatic heterocycles. The van der Waals surface area contributed by atoms with Crippen molar-refractivity contribution in [3.8, 4) is 22.6 Å². The molecular weight excluding hydrogens is 450 g/mol. The van der Waals surface area contributed by atoms with Gasteiger partial charge in [-0.25, -0.2) is 4.79 Å². The van der Waals surface area contributed by atoms with Crippen LogP contribution >= 0.6 is 0 Å². The fraction of sp³-hybridized carbons (Fsp3) is 0.200. The number of hydrogen-bond acceptors (Lipinski definition) is 7. The minimum absolute atomic E-state index is 0.154. The number of fused-ring (bicyclic) bond motifs is 2. The lowest BCUT2D eigenvalue weighted by Crippen LogP contribution is -2.17. The number of amides is 2. The highest BCUT2D eigenvalue weighted by Crippen LogP contribution is 2.33. The van der Waals surface area contributed by atoms with E-state index in [1.54, 1.807) is 25.4 Å². The Morgan fingerprint density at radius 2 is 1.91 bits per heavy atom. The molecule has 0 saturated heterocycles. The maximum absolute atomic E-state index is 12.8. The number of carbonyl (C=O) groups excluding carboxylic acids is 2. The van der Waals surface area contributed by atoms with Gasteiger partial charge in [0.1, 0.15) is 13.2 Å². The van der Waals surface area contributed by atoms with Gasteiger partial charge in [0.05, 0.1) is 24.2 Å². The van der Waals surface area contributed by atoms with Crippen molar-refractivity contribution in [3.05, 3.63) is 60.4 Å². The summed E-state index contributed by atoms with van der Waals surface area (Å²) in [5.74, 6) is 1.51. The standard InChI is InChI=1S/C25H23N5O5/c1-2-33-25(32)27-19-7-8-26-14-18(19)16-4-5-20-17(13-16)24(30-29-20)28-23(31)12-15-3-6-21-22(11-15)35-10-9-34-21/h3-8,11,13-14H,2,9-10,12H2,1H3,(H,26,27,32)(H2,28,29,30,31). The van der Waals surface area contributed by atoms with Crippen molar-refractivity contribution < 1.29 is 23.8 Å². The molecular formula is C25H23N5O5. The topological polar surface area (TPSA) is 127 Å². The van der Waals surface area contributed by atoms with Crippen LogP contribution in [0.5, 0.6) is 11.5 Å². The quantitative estimate of drug-likeness (QED) is 0.384. The van der Waals surface area contributed by atoms with Crippen LogP contribution in [0.3, 0.4) is 0 Å². The van der Waals surface area contributed by atoms with Gasteiger partial charge in [-0.05, 0) is 48.4 Å². The monoisotopic (exact) mass is 473 g/mol. The zero-order valence-electron chi connectivity index (χ0n) is 19.0. The van der Waals surface area contributed by atoms with Crippen LogP contribution in [0.1, 0.15) is 12.5 Å². The van der Waals surface area contributed by atoms with Crippen LogP contribution in [-0.2, 0) is 16.0 Å². The van der Waals surface area contributed by atoms with Gasteiger partial charge in [-0.15, -0.1) is 0 Å². The van der Waals surface area contributed by atoms with Crippen molar-refractivity contribution in [2.75, 3.05) is 30.5 Å². The van der Waals surface area contributed by atoms with Gasteiger partial charge in [0.2, 0.25) is 5.91 Å². The summed E-state index contributed by atoms with van der Waals surface area (Å²) in [4.78, 5) is 28.9. The summed E-state index contributed by atoms with van der Waals surface area (Å²) in [5, 5.41) is 13.5. The molecule has 35 heavy (non-hydrogen) atoms. The molecule has 5 rings (SSSR count). The fourth-order valence-corrected chi connectivity index (χ4v) is 3.85. The first-order chi connectivity index (χ1) is 17.1. The van der Waals surface area contributed by atoms with Crippen molar-refractivity contribution >= 4 is 34.4 Å². The van der Waals surface area contributed by atoms with Crippen molar-refractivity contribution in [1.29, 1.82) is 0 Å². The van der Waals surface area contributed by atoms with Crippen LogP contribution < -0.4 is 20.1 Å². The summed E-state index contributed by atoms with van der Waals surface area (Å²) in [6.45, 7) is 3.00. The van der Waals surface area contributed by atoms with Crippen LogP contribution in [0.25, 0.3) is 22.0 Å². The van der Waals surface area contributed by atoms with Gasteiger partial charge >= 0.3 is 6.09 Å². The highest BCUT2D eigenvalue weighted by atomic mass is 16.6. The van der Waals surface area contributed by atoms with E-state index < -0.39 is 6.09 Å². The van der Waals surface area contributed by atoms with E-state index in [-0.39, 0.29) is 18.9 Å². The number of aromatic nitrogens is 3. The molecule has 0 atom stereocenters. The summed E-state index contributed by atoms with van der Waals surface area (Å²) >= 11 is 0. The van der Waals surface area contributed by atoms with Crippen LogP contribution in [0, 0.1) is 0 Å². The third kappa shape index (κ3) is 4.86. The Morgan fingerprint density at radius 1 is 1.06 bits per heavy atom. The number of nitrogens with one attached hydrogen (secondary N) is 3. The molecule has 2 amide bonds. The molecule has 10 nitrogen and oxygen atoms in total. The average molecular weight is 473 g/mol. The number of carbonyl (C=O) groups is 2. The molecule has 4 aromatic rings. The molecule has 3 heterocycles. The lowest BCUT2D eigenvalue weighted by molar-refractivity contribution is -0.115. The number of anilines is 2. The molecule has 3 N–H and O–H groups in total. The molecule has 0 spiro atoms. The van der Waals surface area contributed by atoms with Gasteiger partial charge in [0.15, 0.2) is 17.3 Å². The smallest absolute Gasteiger partial charge is 0.411 e. The van der Waals surface area contributed by atoms with E-state index >= 15 is 0 Å². The Labute approximate surface area is 200 Å². The van der Waals surface area contributed by atoms with E-state index in [2.05, 4.69) is 25.8 Å². The van der Waals surface area contributed by atoms with E-state index in [1.807, 2.05) is 36.4 Å². The largest absolute Gasteiger partial charge is 0.486 e. The van der Waals surface area contributed by atoms with Crippen molar-refractivity contribution in [1.82, 2.24) is 15.2 Å². The van der Waals surface area contributed by atoms with E-state index in [1.165, 1.54) is 0 Å². The Balaban J connectivity index is 1.37. The molecule has 0 bridgehead atoms. The predicted octanol–water partition coefficient (Wildman–Crippen LogP) is 4.15. The number of pyridine rings is 1. The summed E-state index contributed by atoms with van der Waals surface area (Å²) in [6.07, 6.45) is 2.85. The van der Waals surface area contributed by atoms with Gasteiger partial charge in [0.25, 0.3) is 0 Å². The summed E-state index contributed by atoms with van der Waals surface area (Å²) in [5.41, 5.74) is 3.62. The number of nitrogens with zero attached hydrogens (tertiary/aromatic N) is 2. The fourth-order valence-electron chi connectivity index (χ4n) is 3.85. The molecule has 0 fully saturated rings. The number of ether oxygens (including phenoxy) is 3. The molecule has 10 heteroatoms. The first-order valence-electron chi connectivity index (χ1n) is 11.2. The maximum Gasteiger partial charge on any atom is 0.411 e. The van der Waals surface area contributed by atoms with Crippen LogP contribution in [-0.4, -0.2) is 47.0 Å². The number of hydrogen-bond donors (Lipinski definition) is 3. The third-order valence-electron chi connectivity index (χ3n) is 5.44. The van der Waals surface area contributed by atoms with Crippen LogP contribution in [0.2, 0.25) is 0 Å². The van der Waals surface area contributed by atoms with E-state index in [0.717, 1.165) is 22.0 Å². The Kier molecular flexibility index (Phi) is 6.16. The minimum atomic E-state index is -0.545. The maximum atomic E-state index is 12.8. The van der Waals surface area contributed by atoms with Gasteiger partial charge < -0.3 is 19.5 Å². The highest BCUT2D eigenvalue weighted by Gasteiger charge is 2.16. The van der Waals surface area contributed by atoms with Crippen molar-refractivity contribution in [3.63, 3.8) is 0 Å². The van der Waals surface area contributed by atoms with E-state index in [9.17, 15) is 9.59 Å². The summed E-state index contributed by atoms with van der Waals surface area (Å²) in [6, 6.07) is 12.8. The van der Waals surface area contributed by atoms with Gasteiger partial charge in [0, 0.05) is 23.3 Å². The SMILES string of the molecule is CCOC(=O)Nc1ccncc1-c1ccc2[nH]nc(NC(=O)Cc3ccc4c(c3)OCCO4)c2c1. The number of aromatic amines is 1. The summed E-state index contributed by atoms with van der Waals surface area (Å²) < 4.78 is 16.1. The van der Waals surface area contributed by atoms with Gasteiger partial charge in [-0.3, -0.25) is 20.2 Å². The molecule has 1 aliphatic heterocycles. The molecule has 0 radical (unpaired) electrons. The Morgan fingerprint density at radius 3 is 2.77 bits per heavy atom. The second-order valence-electron chi connectivity index (χ2n) is 7.80. The van der Waals surface area contributed by atoms with Crippen LogP contribution in [0.15, 0.2) is 54.9 Å². The summed E-state index contributed by atoms with van der Waals surface area (Å²) in [7, 11) is 0. The molecule has 0 saturated carbocycles. The first kappa shape index (κ1) is 22.2. The zero-order valence-corrected chi connectivity index (χ0v) is 19.0. The lowest BCUT2D eigenvalue weighted by atomic mass is 10.0. The second-order valence-corrected chi connectivity index (χ2v) is 7.80. The number of benzene rings is 2. The van der Waals surface area contributed by atoms with Crippen molar-refractivity contribution in [2.45, 2.75) is 13.3 Å². The zero-order chi connectivity index (χ0) is 24.2. The Bertz CT molecular complexity index is 1400. The number of rotatable bonds is 6. The first-order valence-corrected chi connectivity index (χ1v) is 11.2. The third-order valence-corrected chi connectivity index (χ3v) is 5.44. The molecule has 178 valence electrons. The molecule has 0 aliphatic carbocycles. The van der Waals surface area contributed by atoms with Gasteiger partial charge in [-0.2, -0.15) is 5.10 Å². The van der Waals surface area contributed by atoms with E-state index in [4.69, 9.17) is 14.2 Å². The molecule has 0 unspecified atom stereocenters. The number of H-pyrrole nitrogens is 1. The van der Waals surface area contributed by atoms with Crippen molar-refractivity contribution in [2.24, 2.45) is 0 Å². The molecule has 1 aliphatic rings. The average Bonchev–Trinajstić information content (AvgIpc) is 3.26. The molecule has 2 aromatic carbocycles. The lowest BCUT2D eigenvalue weighted by Gasteiger charge is -2.18. The van der Waals surface area contributed by atoms with E-state index in [0.29, 0.717) is 41.8 Å². The minimum Gasteiger partial charge on any atom is -0.486 e. The Hall–Kier alpha value is -4.60. The van der Waals surface area contributed by atoms with Crippen LogP contribution in [0.4, 0.5) is 16.3 Å². The highest BCUT2D eigenvalue weighted by molar-refractivity contribution is 6.02. The predicted molar refractivity (Wildman–Crippen MR) is 130 cm³/mol. The second kappa shape index (κ2) is 9.72. The normalized spacial score (nSPS) is 12.3.